The molecular formula is C20H33N5O2. The molecule has 1 aliphatic carbocycles. The summed E-state index contributed by atoms with van der Waals surface area (Å²) < 4.78 is 5.42. The van der Waals surface area contributed by atoms with Crippen LogP contribution in [0.25, 0.3) is 0 Å². The number of carbonyl (C=O) groups excluding carboxylic acids is 1. The Kier molecular flexibility index (Phi) is 6.77. The summed E-state index contributed by atoms with van der Waals surface area (Å²) in [7, 11) is 1.78. The van der Waals surface area contributed by atoms with Gasteiger partial charge < -0.3 is 20.8 Å². The number of nitrogens with zero attached hydrogens (tertiary/aromatic N) is 2. The Bertz CT molecular complexity index is 643. The quantitative estimate of drug-likeness (QED) is 0.523. The molecule has 0 radical (unpaired) electrons. The summed E-state index contributed by atoms with van der Waals surface area (Å²) in [5, 5.41) is 6.81. The van der Waals surface area contributed by atoms with Crippen molar-refractivity contribution in [3.05, 3.63) is 23.7 Å². The molecule has 1 saturated heterocycles. The van der Waals surface area contributed by atoms with E-state index in [0.29, 0.717) is 12.3 Å². The lowest BCUT2D eigenvalue weighted by Crippen LogP contribution is -2.59. The fraction of sp³-hybridized carbons (Fsp3) is 0.700. The van der Waals surface area contributed by atoms with Gasteiger partial charge in [0, 0.05) is 19.1 Å². The van der Waals surface area contributed by atoms with Gasteiger partial charge >= 0.3 is 0 Å². The number of piperidine rings is 1. The lowest BCUT2D eigenvalue weighted by atomic mass is 9.79. The van der Waals surface area contributed by atoms with Crippen LogP contribution in [-0.2, 0) is 6.54 Å². The van der Waals surface area contributed by atoms with E-state index in [1.54, 1.807) is 19.2 Å². The molecule has 0 atom stereocenters. The van der Waals surface area contributed by atoms with Crippen molar-refractivity contribution < 1.29 is 9.21 Å². The Morgan fingerprint density at radius 2 is 1.85 bits per heavy atom. The third-order valence-corrected chi connectivity index (χ3v) is 5.95. The zero-order valence-electron chi connectivity index (χ0n) is 16.4. The molecule has 2 heterocycles. The van der Waals surface area contributed by atoms with Crippen molar-refractivity contribution in [2.45, 2.75) is 63.5 Å². The van der Waals surface area contributed by atoms with Gasteiger partial charge in [0.2, 0.25) is 0 Å². The van der Waals surface area contributed by atoms with E-state index in [1.807, 2.05) is 0 Å². The van der Waals surface area contributed by atoms with Crippen molar-refractivity contribution in [2.24, 2.45) is 10.7 Å². The van der Waals surface area contributed by atoms with Gasteiger partial charge in [-0.05, 0) is 50.9 Å². The number of amides is 1. The predicted octanol–water partition coefficient (Wildman–Crippen LogP) is 2.23. The molecule has 1 aliphatic heterocycles. The molecule has 0 aromatic carbocycles. The molecule has 2 aliphatic rings. The number of aliphatic imine (C=N–C) groups is 1. The molecule has 2 fully saturated rings. The highest BCUT2D eigenvalue weighted by atomic mass is 16.3. The largest absolute Gasteiger partial charge is 0.454 e. The molecule has 0 spiro atoms. The second-order valence-electron chi connectivity index (χ2n) is 7.74. The van der Waals surface area contributed by atoms with E-state index in [1.165, 1.54) is 64.5 Å². The van der Waals surface area contributed by atoms with E-state index in [0.717, 1.165) is 12.5 Å². The van der Waals surface area contributed by atoms with Crippen LogP contribution in [0.4, 0.5) is 0 Å². The van der Waals surface area contributed by atoms with E-state index in [-0.39, 0.29) is 11.3 Å². The average Bonchev–Trinajstić information content (AvgIpc) is 3.19. The van der Waals surface area contributed by atoms with Gasteiger partial charge in [-0.25, -0.2) is 0 Å². The number of hydrogen-bond acceptors (Lipinski definition) is 4. The Labute approximate surface area is 161 Å². The van der Waals surface area contributed by atoms with Crippen LogP contribution in [0.15, 0.2) is 21.5 Å². The normalized spacial score (nSPS) is 21.0. The topological polar surface area (TPSA) is 95.9 Å². The maximum atomic E-state index is 11.1. The van der Waals surface area contributed by atoms with Gasteiger partial charge in [0.15, 0.2) is 11.7 Å². The molecule has 4 N–H and O–H groups in total. The summed E-state index contributed by atoms with van der Waals surface area (Å²) in [4.78, 5) is 18.2. The second kappa shape index (κ2) is 9.26. The number of hydrogen-bond donors (Lipinski definition) is 3. The number of primary amides is 1. The van der Waals surface area contributed by atoms with Gasteiger partial charge in [0.05, 0.1) is 6.54 Å². The van der Waals surface area contributed by atoms with Crippen molar-refractivity contribution >= 4 is 11.9 Å². The van der Waals surface area contributed by atoms with Crippen LogP contribution in [-0.4, -0.2) is 49.0 Å². The highest BCUT2D eigenvalue weighted by molar-refractivity contribution is 5.89. The van der Waals surface area contributed by atoms with Gasteiger partial charge in [-0.15, -0.1) is 0 Å². The molecule has 0 unspecified atom stereocenters. The first kappa shape index (κ1) is 19.7. The van der Waals surface area contributed by atoms with Crippen LogP contribution in [0.2, 0.25) is 0 Å². The summed E-state index contributed by atoms with van der Waals surface area (Å²) in [6.07, 6.45) is 10.5. The molecule has 0 bridgehead atoms. The van der Waals surface area contributed by atoms with E-state index in [9.17, 15) is 4.79 Å². The number of nitrogens with two attached hydrogens (primary N) is 1. The smallest absolute Gasteiger partial charge is 0.284 e. The Morgan fingerprint density at radius 3 is 2.48 bits per heavy atom. The van der Waals surface area contributed by atoms with E-state index < -0.39 is 5.91 Å². The van der Waals surface area contributed by atoms with Crippen molar-refractivity contribution in [1.82, 2.24) is 15.5 Å². The fourth-order valence-corrected chi connectivity index (χ4v) is 4.43. The molecule has 7 heteroatoms. The first-order chi connectivity index (χ1) is 13.1. The fourth-order valence-electron chi connectivity index (χ4n) is 4.43. The Hall–Kier alpha value is -2.02. The number of rotatable bonds is 6. The van der Waals surface area contributed by atoms with Gasteiger partial charge in [-0.1, -0.05) is 25.7 Å². The average molecular weight is 376 g/mol. The van der Waals surface area contributed by atoms with Crippen LogP contribution in [0.5, 0.6) is 0 Å². The van der Waals surface area contributed by atoms with Crippen LogP contribution >= 0.6 is 0 Å². The molecule has 1 amide bonds. The maximum Gasteiger partial charge on any atom is 0.284 e. The highest BCUT2D eigenvalue weighted by Crippen LogP contribution is 2.35. The van der Waals surface area contributed by atoms with Gasteiger partial charge in [-0.3, -0.25) is 14.7 Å². The summed E-state index contributed by atoms with van der Waals surface area (Å²) in [5.74, 6) is 1.05. The first-order valence-electron chi connectivity index (χ1n) is 10.2. The molecule has 150 valence electrons. The van der Waals surface area contributed by atoms with Crippen molar-refractivity contribution in [1.29, 1.82) is 0 Å². The molecule has 1 aromatic rings. The Morgan fingerprint density at radius 1 is 1.15 bits per heavy atom. The standard InChI is InChI=1S/C20H33N5O2/c1-22-19(23-14-16-8-9-17(27-16)18(21)26)24-15-20(10-4-2-5-11-20)25-12-6-3-7-13-25/h8-9H,2-7,10-15H2,1H3,(H2,21,26)(H2,22,23,24). The number of nitrogens with one attached hydrogen (secondary N) is 2. The molecule has 1 aromatic heterocycles. The number of guanidine groups is 1. The van der Waals surface area contributed by atoms with Crippen molar-refractivity contribution in [2.75, 3.05) is 26.7 Å². The summed E-state index contributed by atoms with van der Waals surface area (Å²) >= 11 is 0. The molecule has 27 heavy (non-hydrogen) atoms. The zero-order chi connectivity index (χ0) is 19.1. The molecule has 3 rings (SSSR count). The van der Waals surface area contributed by atoms with Crippen LogP contribution in [0.1, 0.15) is 67.7 Å². The van der Waals surface area contributed by atoms with Crippen LogP contribution < -0.4 is 16.4 Å². The minimum absolute atomic E-state index is 0.181. The third kappa shape index (κ3) is 5.03. The maximum absolute atomic E-state index is 11.1. The molecule has 7 nitrogen and oxygen atoms in total. The highest BCUT2D eigenvalue weighted by Gasteiger charge is 2.38. The van der Waals surface area contributed by atoms with Crippen molar-refractivity contribution in [3.63, 3.8) is 0 Å². The minimum atomic E-state index is -0.551. The lowest BCUT2D eigenvalue weighted by Gasteiger charge is -2.48. The van der Waals surface area contributed by atoms with E-state index in [4.69, 9.17) is 10.2 Å². The van der Waals surface area contributed by atoms with E-state index >= 15 is 0 Å². The van der Waals surface area contributed by atoms with Gasteiger partial charge in [0.1, 0.15) is 5.76 Å². The molecular weight excluding hydrogens is 342 g/mol. The molecule has 1 saturated carbocycles. The van der Waals surface area contributed by atoms with Crippen LogP contribution in [0.3, 0.4) is 0 Å². The lowest BCUT2D eigenvalue weighted by molar-refractivity contribution is 0.0368. The summed E-state index contributed by atoms with van der Waals surface area (Å²) in [6, 6.07) is 3.36. The Balaban J connectivity index is 1.56. The SMILES string of the molecule is CN=C(NCc1ccc(C(N)=O)o1)NCC1(N2CCCCC2)CCCCC1. The van der Waals surface area contributed by atoms with Crippen molar-refractivity contribution in [3.8, 4) is 0 Å². The van der Waals surface area contributed by atoms with Gasteiger partial charge in [-0.2, -0.15) is 0 Å². The predicted molar refractivity (Wildman–Crippen MR) is 107 cm³/mol. The monoisotopic (exact) mass is 375 g/mol. The third-order valence-electron chi connectivity index (χ3n) is 5.95. The number of furan rings is 1. The van der Waals surface area contributed by atoms with Gasteiger partial charge in [0.25, 0.3) is 5.91 Å². The summed E-state index contributed by atoms with van der Waals surface area (Å²) in [5.41, 5.74) is 5.48. The summed E-state index contributed by atoms with van der Waals surface area (Å²) in [6.45, 7) is 3.81. The number of likely N-dealkylation sites (tertiary alicyclic amines) is 1. The first-order valence-corrected chi connectivity index (χ1v) is 10.2. The van der Waals surface area contributed by atoms with Crippen LogP contribution in [0, 0.1) is 0 Å². The zero-order valence-corrected chi connectivity index (χ0v) is 16.4. The number of carbonyl (C=O) groups is 1. The second-order valence-corrected chi connectivity index (χ2v) is 7.74. The minimum Gasteiger partial charge on any atom is -0.454 e. The van der Waals surface area contributed by atoms with E-state index in [2.05, 4.69) is 20.5 Å².